The Kier molecular flexibility index (Phi) is 6.23. The zero-order valence-corrected chi connectivity index (χ0v) is 8.45. The van der Waals surface area contributed by atoms with Crippen molar-refractivity contribution in [3.8, 4) is 0 Å². The molecule has 0 aromatic heterocycles. The second-order valence-corrected chi connectivity index (χ2v) is 2.69. The molecular weight excluding hydrogens is 184 g/mol. The smallest absolute Gasteiger partial charge is 0.0472 e. The van der Waals surface area contributed by atoms with Gasteiger partial charge >= 0.3 is 0 Å². The maximum Gasteiger partial charge on any atom is 0.0472 e. The van der Waals surface area contributed by atoms with E-state index >= 15 is 0 Å². The minimum absolute atomic E-state index is 1.69. The highest BCUT2D eigenvalue weighted by molar-refractivity contribution is 5.71. The van der Waals surface area contributed by atoms with Gasteiger partial charge in [0.2, 0.25) is 0 Å². The molecule has 0 amide bonds. The number of hydrogen-bond donors (Lipinski definition) is 1. The number of allylic oxidation sites excluding steroid dienone is 11. The van der Waals surface area contributed by atoms with Gasteiger partial charge in [-0.2, -0.15) is 5.10 Å². The Morgan fingerprint density at radius 1 is 0.533 bits per heavy atom. The molecule has 1 N–H and O–H groups in total. The van der Waals surface area contributed by atoms with Gasteiger partial charge in [-0.05, 0) is 12.2 Å². The van der Waals surface area contributed by atoms with E-state index in [4.69, 9.17) is 0 Å². The van der Waals surface area contributed by atoms with Crippen LogP contribution < -0.4 is 5.43 Å². The van der Waals surface area contributed by atoms with Gasteiger partial charge < -0.3 is 0 Å². The van der Waals surface area contributed by atoms with Crippen LogP contribution in [-0.2, 0) is 0 Å². The Hall–Kier alpha value is -2.09. The van der Waals surface area contributed by atoms with Crippen molar-refractivity contribution in [3.05, 3.63) is 73.0 Å². The van der Waals surface area contributed by atoms with Crippen LogP contribution in [0.2, 0.25) is 0 Å². The lowest BCUT2D eigenvalue weighted by Crippen LogP contribution is -1.91. The van der Waals surface area contributed by atoms with E-state index in [0.717, 1.165) is 0 Å². The summed E-state index contributed by atoms with van der Waals surface area (Å²) in [6.07, 6.45) is 24.8. The van der Waals surface area contributed by atoms with Crippen LogP contribution in [0.1, 0.15) is 0 Å². The summed E-state index contributed by atoms with van der Waals surface area (Å²) in [5.74, 6) is 0. The first kappa shape index (κ1) is 11.0. The summed E-state index contributed by atoms with van der Waals surface area (Å²) in [6, 6.07) is 0. The van der Waals surface area contributed by atoms with Crippen molar-refractivity contribution < 1.29 is 0 Å². The number of hydrazone groups is 1. The summed E-state index contributed by atoms with van der Waals surface area (Å²) in [7, 11) is 0. The Bertz CT molecular complexity index is 319. The first-order chi connectivity index (χ1) is 7.50. The van der Waals surface area contributed by atoms with Crippen LogP contribution in [0.5, 0.6) is 0 Å². The van der Waals surface area contributed by atoms with Crippen molar-refractivity contribution in [2.24, 2.45) is 5.10 Å². The van der Waals surface area contributed by atoms with E-state index in [0.29, 0.717) is 0 Å². The molecule has 0 fully saturated rings. The van der Waals surface area contributed by atoms with Crippen molar-refractivity contribution in [2.75, 3.05) is 0 Å². The van der Waals surface area contributed by atoms with Gasteiger partial charge in [0.25, 0.3) is 0 Å². The molecular formula is C13H14N2. The molecule has 0 atom stereocenters. The van der Waals surface area contributed by atoms with Crippen molar-refractivity contribution in [1.29, 1.82) is 0 Å². The van der Waals surface area contributed by atoms with Gasteiger partial charge in [0.15, 0.2) is 0 Å². The normalized spacial score (nSPS) is 16.0. The Morgan fingerprint density at radius 3 is 1.60 bits per heavy atom. The van der Waals surface area contributed by atoms with Gasteiger partial charge in [0, 0.05) is 12.4 Å². The molecule has 0 unspecified atom stereocenters. The fourth-order valence-corrected chi connectivity index (χ4v) is 0.855. The van der Waals surface area contributed by atoms with E-state index in [9.17, 15) is 0 Å². The van der Waals surface area contributed by atoms with E-state index in [2.05, 4.69) is 10.5 Å². The predicted molar refractivity (Wildman–Crippen MR) is 66.5 cm³/mol. The number of hydrogen-bond acceptors (Lipinski definition) is 2. The van der Waals surface area contributed by atoms with Crippen LogP contribution in [0.3, 0.4) is 0 Å². The summed E-state index contributed by atoms with van der Waals surface area (Å²) < 4.78 is 0. The van der Waals surface area contributed by atoms with Crippen LogP contribution in [0.25, 0.3) is 0 Å². The lowest BCUT2D eigenvalue weighted by molar-refractivity contribution is 0.977. The van der Waals surface area contributed by atoms with Crippen LogP contribution in [0.4, 0.5) is 0 Å². The van der Waals surface area contributed by atoms with Gasteiger partial charge in [-0.1, -0.05) is 54.7 Å². The zero-order valence-electron chi connectivity index (χ0n) is 8.45. The molecule has 0 aromatic rings. The molecule has 0 aliphatic carbocycles. The van der Waals surface area contributed by atoms with Crippen molar-refractivity contribution in [3.63, 3.8) is 0 Å². The fraction of sp³-hybridized carbons (Fsp3) is 0. The lowest BCUT2D eigenvalue weighted by Gasteiger charge is -1.84. The molecule has 0 radical (unpaired) electrons. The van der Waals surface area contributed by atoms with E-state index in [1.807, 2.05) is 66.8 Å². The summed E-state index contributed by atoms with van der Waals surface area (Å²) in [5, 5.41) is 3.93. The molecule has 0 saturated heterocycles. The third kappa shape index (κ3) is 7.02. The van der Waals surface area contributed by atoms with Crippen molar-refractivity contribution >= 4 is 6.21 Å². The molecule has 0 spiro atoms. The van der Waals surface area contributed by atoms with Gasteiger partial charge in [0.1, 0.15) is 0 Å². The van der Waals surface area contributed by atoms with Gasteiger partial charge in [-0.3, -0.25) is 5.43 Å². The molecule has 2 heteroatoms. The van der Waals surface area contributed by atoms with E-state index < -0.39 is 0 Å². The highest BCUT2D eigenvalue weighted by Gasteiger charge is 1.67. The van der Waals surface area contributed by atoms with Crippen molar-refractivity contribution in [1.82, 2.24) is 5.43 Å². The fourth-order valence-electron chi connectivity index (χ4n) is 0.855. The number of rotatable bonds is 0. The summed E-state index contributed by atoms with van der Waals surface area (Å²) in [5.41, 5.74) is 2.78. The lowest BCUT2D eigenvalue weighted by atomic mass is 10.3. The standard InChI is InChI=1S/C13H14N2/c1-2-4-6-8-10-12-14-15-13-11-9-7-5-3-1/h1-14H. The molecule has 1 aliphatic heterocycles. The SMILES string of the molecule is C1=CC=CC=CC=NNC=CC=CC=C1. The Balaban J connectivity index is 2.62. The molecule has 15 heavy (non-hydrogen) atoms. The maximum atomic E-state index is 3.93. The monoisotopic (exact) mass is 198 g/mol. The first-order valence-corrected chi connectivity index (χ1v) is 4.77. The third-order valence-corrected chi connectivity index (χ3v) is 1.52. The molecule has 2 nitrogen and oxygen atoms in total. The minimum Gasteiger partial charge on any atom is -0.286 e. The van der Waals surface area contributed by atoms with Gasteiger partial charge in [0.05, 0.1) is 0 Å². The molecule has 1 rings (SSSR count). The topological polar surface area (TPSA) is 24.4 Å². The average Bonchev–Trinajstić information content (AvgIpc) is 2.27. The quantitative estimate of drug-likeness (QED) is 0.636. The van der Waals surface area contributed by atoms with E-state index in [-0.39, 0.29) is 0 Å². The highest BCUT2D eigenvalue weighted by Crippen LogP contribution is 1.84. The summed E-state index contributed by atoms with van der Waals surface area (Å²) in [6.45, 7) is 0. The third-order valence-electron chi connectivity index (χ3n) is 1.52. The Labute approximate surface area is 90.4 Å². The first-order valence-electron chi connectivity index (χ1n) is 4.77. The van der Waals surface area contributed by atoms with E-state index in [1.54, 1.807) is 12.4 Å². The maximum absolute atomic E-state index is 3.93. The predicted octanol–water partition coefficient (Wildman–Crippen LogP) is 2.87. The second-order valence-electron chi connectivity index (χ2n) is 2.69. The number of nitrogens with one attached hydrogen (secondary N) is 1. The molecule has 76 valence electrons. The average molecular weight is 198 g/mol. The van der Waals surface area contributed by atoms with Crippen LogP contribution >= 0.6 is 0 Å². The van der Waals surface area contributed by atoms with Crippen LogP contribution in [-0.4, -0.2) is 6.21 Å². The molecule has 0 bridgehead atoms. The summed E-state index contributed by atoms with van der Waals surface area (Å²) in [4.78, 5) is 0. The molecule has 0 aromatic carbocycles. The Morgan fingerprint density at radius 2 is 1.00 bits per heavy atom. The number of nitrogens with zero attached hydrogens (tertiary/aromatic N) is 1. The second kappa shape index (κ2) is 8.51. The highest BCUT2D eigenvalue weighted by atomic mass is 15.3. The summed E-state index contributed by atoms with van der Waals surface area (Å²) >= 11 is 0. The molecule has 1 aliphatic rings. The van der Waals surface area contributed by atoms with Crippen LogP contribution in [0, 0.1) is 0 Å². The van der Waals surface area contributed by atoms with Crippen molar-refractivity contribution in [2.45, 2.75) is 0 Å². The largest absolute Gasteiger partial charge is 0.286 e. The van der Waals surface area contributed by atoms with Gasteiger partial charge in [-0.15, -0.1) is 0 Å². The minimum atomic E-state index is 1.69. The molecule has 0 saturated carbocycles. The van der Waals surface area contributed by atoms with Crippen LogP contribution in [0.15, 0.2) is 78.1 Å². The zero-order chi connectivity index (χ0) is 10.6. The molecule has 1 heterocycles. The van der Waals surface area contributed by atoms with Gasteiger partial charge in [-0.25, -0.2) is 0 Å². The van der Waals surface area contributed by atoms with E-state index in [1.165, 1.54) is 0 Å².